The Morgan fingerprint density at radius 3 is 2.40 bits per heavy atom. The molecule has 1 fully saturated rings. The van der Waals surface area contributed by atoms with Crippen LogP contribution < -0.4 is 10.6 Å². The van der Waals surface area contributed by atoms with Crippen molar-refractivity contribution in [1.82, 2.24) is 10.6 Å². The van der Waals surface area contributed by atoms with Gasteiger partial charge in [0.25, 0.3) is 5.91 Å². The van der Waals surface area contributed by atoms with Gasteiger partial charge in [0.15, 0.2) is 5.85 Å². The van der Waals surface area contributed by atoms with Crippen molar-refractivity contribution >= 4 is 43.0 Å². The Kier molecular flexibility index (Phi) is 14.6. The number of hydrogen-bond donors (Lipinski definition) is 3. The maximum absolute atomic E-state index is 13.4. The molecule has 224 valence electrons. The van der Waals surface area contributed by atoms with E-state index in [0.29, 0.717) is 10.6 Å². The number of aliphatic hydroxyl groups excluding tert-OH is 1. The van der Waals surface area contributed by atoms with E-state index in [1.54, 1.807) is 38.1 Å². The lowest BCUT2D eigenvalue weighted by molar-refractivity contribution is -0.116. The summed E-state index contributed by atoms with van der Waals surface area (Å²) in [4.78, 5) is 41.7. The van der Waals surface area contributed by atoms with Crippen molar-refractivity contribution in [3.05, 3.63) is 34.9 Å². The summed E-state index contributed by atoms with van der Waals surface area (Å²) in [6.45, 7) is 2.38. The summed E-state index contributed by atoms with van der Waals surface area (Å²) in [6, 6.07) is 5.36. The van der Waals surface area contributed by atoms with Crippen LogP contribution in [0, 0.1) is 5.92 Å². The van der Waals surface area contributed by atoms with Gasteiger partial charge in [0, 0.05) is 12.1 Å². The lowest BCUT2D eigenvalue weighted by Gasteiger charge is -2.29. The highest BCUT2D eigenvalue weighted by Crippen LogP contribution is 2.53. The van der Waals surface area contributed by atoms with Crippen LogP contribution in [0.3, 0.4) is 0 Å². The van der Waals surface area contributed by atoms with Crippen molar-refractivity contribution in [3.63, 3.8) is 0 Å². The molecule has 0 saturated heterocycles. The Morgan fingerprint density at radius 1 is 1.12 bits per heavy atom. The van der Waals surface area contributed by atoms with Gasteiger partial charge in [-0.05, 0) is 43.9 Å². The van der Waals surface area contributed by atoms with Crippen LogP contribution >= 0.6 is 19.2 Å². The number of carbonyl (C=O) groups is 3. The first-order valence-corrected chi connectivity index (χ1v) is 15.3. The third-order valence-electron chi connectivity index (χ3n) is 6.16. The number of aliphatic hydroxyl groups is 1. The number of ether oxygens (including phenoxy) is 2. The fourth-order valence-corrected chi connectivity index (χ4v) is 6.14. The Morgan fingerprint density at radius 2 is 1.80 bits per heavy atom. The molecule has 3 N–H and O–H groups in total. The summed E-state index contributed by atoms with van der Waals surface area (Å²) < 4.78 is 34.0. The van der Waals surface area contributed by atoms with Gasteiger partial charge in [-0.15, -0.1) is 0 Å². The fraction of sp³-hybridized carbons (Fsp3) is 0.615. The van der Waals surface area contributed by atoms with E-state index in [4.69, 9.17) is 30.1 Å². The van der Waals surface area contributed by atoms with Gasteiger partial charge in [0.1, 0.15) is 25.0 Å². The zero-order valence-corrected chi connectivity index (χ0v) is 24.7. The molecule has 2 rings (SSSR count). The van der Waals surface area contributed by atoms with Crippen molar-refractivity contribution in [2.24, 2.45) is 10.9 Å². The van der Waals surface area contributed by atoms with Gasteiger partial charge in [0.05, 0.1) is 13.2 Å². The largest absolute Gasteiger partial charge is 0.447 e. The Balaban J connectivity index is 2.28. The smallest absolute Gasteiger partial charge is 0.434 e. The van der Waals surface area contributed by atoms with Gasteiger partial charge in [0.2, 0.25) is 0 Å². The molecule has 1 saturated carbocycles. The molecule has 0 aromatic heterocycles. The van der Waals surface area contributed by atoms with Crippen LogP contribution in [0.1, 0.15) is 57.9 Å². The van der Waals surface area contributed by atoms with Crippen LogP contribution in [0.25, 0.3) is 0 Å². The van der Waals surface area contributed by atoms with Gasteiger partial charge >= 0.3 is 19.8 Å². The predicted octanol–water partition coefficient (Wildman–Crippen LogP) is 4.81. The normalized spacial score (nSPS) is 16.1. The number of halogens is 1. The van der Waals surface area contributed by atoms with Crippen LogP contribution in [0.2, 0.25) is 5.02 Å². The minimum Gasteiger partial charge on any atom is -0.447 e. The average molecular weight is 604 g/mol. The second kappa shape index (κ2) is 17.3. The Hall–Kier alpha value is -2.50. The van der Waals surface area contributed by atoms with E-state index in [1.807, 2.05) is 0 Å². The van der Waals surface area contributed by atoms with E-state index in [1.165, 1.54) is 7.05 Å². The van der Waals surface area contributed by atoms with Crippen LogP contribution in [0.15, 0.2) is 29.3 Å². The summed E-state index contributed by atoms with van der Waals surface area (Å²) in [6.07, 6.45) is 3.17. The molecule has 1 aromatic rings. The summed E-state index contributed by atoms with van der Waals surface area (Å²) in [5, 5.41) is 16.2. The van der Waals surface area contributed by atoms with E-state index >= 15 is 0 Å². The van der Waals surface area contributed by atoms with Crippen molar-refractivity contribution < 1.29 is 42.6 Å². The minimum absolute atomic E-state index is 0.0435. The second-order valence-electron chi connectivity index (χ2n) is 9.17. The molecule has 40 heavy (non-hydrogen) atoms. The molecule has 0 radical (unpaired) electrons. The molecular formula is C26H39ClN3O9P. The van der Waals surface area contributed by atoms with Gasteiger partial charge in [-0.25, -0.2) is 9.59 Å². The molecule has 1 aliphatic carbocycles. The number of carbonyl (C=O) groups excluding carboxylic acids is 3. The summed E-state index contributed by atoms with van der Waals surface area (Å²) in [5.74, 6) is -2.58. The maximum Gasteiger partial charge on any atom is 0.434 e. The Labute approximate surface area is 239 Å². The first kappa shape index (κ1) is 33.7. The topological polar surface area (TPSA) is 162 Å². The molecule has 0 spiro atoms. The number of hydrogen-bond acceptors (Lipinski definition) is 9. The standard InChI is InChI=1S/C26H39ClN3O9P/c1-4-38-40(35,39-5-2)24(32)22(17-37-25(33)28-3)29-23(31)21(15-18-10-7-6-8-11-18)30-26(34)36-16-19-12-9-13-20(27)14-19/h9,12-14,18,22,24,32H,4-8,10-11,15-17H2,1-3H3,(H,28,33)(H,29,31)/b30-21+. The number of benzene rings is 1. The molecular weight excluding hydrogens is 565 g/mol. The van der Waals surface area contributed by atoms with Crippen LogP contribution in [0.5, 0.6) is 0 Å². The number of alkyl carbamates (subject to hydrolysis) is 1. The van der Waals surface area contributed by atoms with Gasteiger partial charge in [-0.1, -0.05) is 55.8 Å². The quantitative estimate of drug-likeness (QED) is 0.200. The number of rotatable bonds is 14. The number of amides is 3. The summed E-state index contributed by atoms with van der Waals surface area (Å²) in [5.41, 5.74) is 0.522. The molecule has 3 amide bonds. The molecule has 0 bridgehead atoms. The zero-order chi connectivity index (χ0) is 29.5. The third kappa shape index (κ3) is 11.2. The number of nitrogens with one attached hydrogen (secondary N) is 2. The van der Waals surface area contributed by atoms with Crippen molar-refractivity contribution in [2.75, 3.05) is 26.9 Å². The zero-order valence-electron chi connectivity index (χ0n) is 23.1. The van der Waals surface area contributed by atoms with E-state index in [2.05, 4.69) is 15.6 Å². The van der Waals surface area contributed by atoms with Crippen LogP contribution in [0.4, 0.5) is 9.59 Å². The molecule has 2 unspecified atom stereocenters. The monoisotopic (exact) mass is 603 g/mol. The van der Waals surface area contributed by atoms with Crippen molar-refractivity contribution in [1.29, 1.82) is 0 Å². The third-order valence-corrected chi connectivity index (χ3v) is 8.64. The predicted molar refractivity (Wildman–Crippen MR) is 149 cm³/mol. The lowest BCUT2D eigenvalue weighted by Crippen LogP contribution is -2.50. The first-order valence-electron chi connectivity index (χ1n) is 13.3. The van der Waals surface area contributed by atoms with Crippen LogP contribution in [-0.2, 0) is 34.5 Å². The molecule has 1 aliphatic rings. The van der Waals surface area contributed by atoms with Crippen molar-refractivity contribution in [2.45, 2.75) is 70.9 Å². The van der Waals surface area contributed by atoms with Gasteiger partial charge in [-0.2, -0.15) is 4.99 Å². The summed E-state index contributed by atoms with van der Waals surface area (Å²) >= 11 is 5.98. The van der Waals surface area contributed by atoms with Crippen molar-refractivity contribution in [3.8, 4) is 0 Å². The fourth-order valence-electron chi connectivity index (χ4n) is 4.23. The van der Waals surface area contributed by atoms with Gasteiger partial charge in [-0.3, -0.25) is 9.36 Å². The molecule has 12 nitrogen and oxygen atoms in total. The van der Waals surface area contributed by atoms with Gasteiger partial charge < -0.3 is 34.3 Å². The number of nitrogens with zero attached hydrogens (tertiary/aromatic N) is 1. The highest BCUT2D eigenvalue weighted by Gasteiger charge is 2.42. The second-order valence-corrected chi connectivity index (χ2v) is 11.7. The Bertz CT molecular complexity index is 1060. The molecule has 14 heteroatoms. The maximum atomic E-state index is 13.4. The van der Waals surface area contributed by atoms with E-state index < -0.39 is 44.2 Å². The lowest BCUT2D eigenvalue weighted by atomic mass is 9.85. The average Bonchev–Trinajstić information content (AvgIpc) is 2.94. The molecule has 0 heterocycles. The highest BCUT2D eigenvalue weighted by molar-refractivity contribution is 7.54. The first-order chi connectivity index (χ1) is 19.1. The van der Waals surface area contributed by atoms with Crippen LogP contribution in [-0.4, -0.2) is 67.7 Å². The van der Waals surface area contributed by atoms with E-state index in [-0.39, 0.29) is 37.9 Å². The number of aliphatic imine (C=N–C) groups is 1. The molecule has 0 aliphatic heterocycles. The molecule has 1 aromatic carbocycles. The highest BCUT2D eigenvalue weighted by atomic mass is 35.5. The minimum atomic E-state index is -4.15. The van der Waals surface area contributed by atoms with E-state index in [0.717, 1.165) is 32.1 Å². The summed E-state index contributed by atoms with van der Waals surface area (Å²) in [7, 11) is -2.81. The molecule has 2 atom stereocenters. The SMILES string of the molecule is CCOP(=O)(OCC)C(O)C(COC(=O)NC)NC(=O)/C(CC1CCCCC1)=N/C(=O)OCc1cccc(Cl)c1. The van der Waals surface area contributed by atoms with E-state index in [9.17, 15) is 24.1 Å².